The summed E-state index contributed by atoms with van der Waals surface area (Å²) in [6, 6.07) is 0. The van der Waals surface area contributed by atoms with Crippen LogP contribution in [0.1, 0.15) is 13.3 Å². The van der Waals surface area contributed by atoms with Gasteiger partial charge >= 0.3 is 0 Å². The first-order chi connectivity index (χ1) is 5.17. The summed E-state index contributed by atoms with van der Waals surface area (Å²) in [4.78, 5) is 0. The van der Waals surface area contributed by atoms with Crippen molar-refractivity contribution in [1.29, 1.82) is 0 Å². The molecule has 4 nitrogen and oxygen atoms in total. The maximum atomic E-state index is 11.2. The molecule has 1 aliphatic rings. The molecule has 0 unspecified atom stereocenters. The second kappa shape index (κ2) is 3.51. The third kappa shape index (κ3) is 2.15. The molecule has 0 atom stereocenters. The molecule has 1 heterocycles. The second-order valence-electron chi connectivity index (χ2n) is 2.66. The molecular weight excluding hydrogens is 164 g/mol. The smallest absolute Gasteiger partial charge is 0.227 e. The first-order valence-corrected chi connectivity index (χ1v) is 5.46. The third-order valence-electron chi connectivity index (χ3n) is 1.69. The van der Waals surface area contributed by atoms with E-state index in [1.54, 1.807) is 4.31 Å². The number of nitrogens with zero attached hydrogens (tertiary/aromatic N) is 1. The summed E-state index contributed by atoms with van der Waals surface area (Å²) >= 11 is 0. The van der Waals surface area contributed by atoms with E-state index in [0.29, 0.717) is 13.1 Å². The number of hydrogen-bond donors (Lipinski definition) is 1. The second-order valence-corrected chi connectivity index (χ2v) is 4.62. The molecule has 0 bridgehead atoms. The van der Waals surface area contributed by atoms with Crippen molar-refractivity contribution in [2.45, 2.75) is 13.3 Å². The van der Waals surface area contributed by atoms with Crippen molar-refractivity contribution in [3.05, 3.63) is 0 Å². The molecule has 0 saturated carbocycles. The molecule has 5 heteroatoms. The van der Waals surface area contributed by atoms with Gasteiger partial charge in [-0.25, -0.2) is 8.42 Å². The zero-order valence-corrected chi connectivity index (χ0v) is 7.52. The summed E-state index contributed by atoms with van der Waals surface area (Å²) < 4.78 is 24.0. The standard InChI is InChI=1S/C6H14N2O2S/c1-2-4-8-5-3-7-6-11(8,9)10/h7H,2-6H2,1H3. The van der Waals surface area contributed by atoms with E-state index in [2.05, 4.69) is 5.32 Å². The lowest BCUT2D eigenvalue weighted by atomic mass is 10.5. The SMILES string of the molecule is CCCN1CCNCS1(=O)=O. The highest BCUT2D eigenvalue weighted by Crippen LogP contribution is 2.04. The van der Waals surface area contributed by atoms with Gasteiger partial charge in [0, 0.05) is 19.6 Å². The molecule has 1 N–H and O–H groups in total. The Morgan fingerprint density at radius 1 is 1.55 bits per heavy atom. The number of sulfonamides is 1. The van der Waals surface area contributed by atoms with Crippen LogP contribution in [0, 0.1) is 0 Å². The normalized spacial score (nSPS) is 25.2. The molecule has 11 heavy (non-hydrogen) atoms. The van der Waals surface area contributed by atoms with Crippen LogP contribution in [0.2, 0.25) is 0 Å². The van der Waals surface area contributed by atoms with Gasteiger partial charge in [0.1, 0.15) is 5.88 Å². The Morgan fingerprint density at radius 2 is 2.27 bits per heavy atom. The van der Waals surface area contributed by atoms with Crippen LogP contribution in [0.15, 0.2) is 0 Å². The van der Waals surface area contributed by atoms with E-state index in [0.717, 1.165) is 13.0 Å². The van der Waals surface area contributed by atoms with E-state index in [-0.39, 0.29) is 5.88 Å². The molecule has 66 valence electrons. The van der Waals surface area contributed by atoms with E-state index in [1.807, 2.05) is 6.92 Å². The highest BCUT2D eigenvalue weighted by molar-refractivity contribution is 7.89. The largest absolute Gasteiger partial charge is 0.301 e. The summed E-state index contributed by atoms with van der Waals surface area (Å²) in [5.41, 5.74) is 0. The van der Waals surface area contributed by atoms with Crippen LogP contribution in [-0.4, -0.2) is 38.2 Å². The van der Waals surface area contributed by atoms with Gasteiger partial charge in [-0.05, 0) is 6.42 Å². The lowest BCUT2D eigenvalue weighted by Crippen LogP contribution is -2.47. The van der Waals surface area contributed by atoms with Crippen molar-refractivity contribution in [1.82, 2.24) is 9.62 Å². The molecule has 0 radical (unpaired) electrons. The van der Waals surface area contributed by atoms with Crippen LogP contribution in [0.4, 0.5) is 0 Å². The van der Waals surface area contributed by atoms with Crippen molar-refractivity contribution in [2.24, 2.45) is 0 Å². The molecule has 0 amide bonds. The molecule has 1 saturated heterocycles. The van der Waals surface area contributed by atoms with Crippen LogP contribution in [-0.2, 0) is 10.0 Å². The topological polar surface area (TPSA) is 49.4 Å². The van der Waals surface area contributed by atoms with E-state index < -0.39 is 10.0 Å². The molecule has 0 aromatic heterocycles. The predicted molar refractivity (Wildman–Crippen MR) is 43.7 cm³/mol. The van der Waals surface area contributed by atoms with Crippen LogP contribution >= 0.6 is 0 Å². The van der Waals surface area contributed by atoms with Gasteiger partial charge in [-0.1, -0.05) is 6.92 Å². The predicted octanol–water partition coefficient (Wildman–Crippen LogP) is -0.411. The van der Waals surface area contributed by atoms with Crippen molar-refractivity contribution in [2.75, 3.05) is 25.5 Å². The van der Waals surface area contributed by atoms with Gasteiger partial charge < -0.3 is 5.32 Å². The van der Waals surface area contributed by atoms with Gasteiger partial charge in [0.2, 0.25) is 10.0 Å². The summed E-state index contributed by atoms with van der Waals surface area (Å²) in [5.74, 6) is 0.104. The van der Waals surface area contributed by atoms with Gasteiger partial charge in [0.25, 0.3) is 0 Å². The van der Waals surface area contributed by atoms with Gasteiger partial charge in [-0.3, -0.25) is 0 Å². The fourth-order valence-electron chi connectivity index (χ4n) is 1.14. The molecule has 0 aromatic rings. The van der Waals surface area contributed by atoms with Crippen LogP contribution in [0.5, 0.6) is 0 Å². The Kier molecular flexibility index (Phi) is 2.86. The van der Waals surface area contributed by atoms with Gasteiger partial charge in [-0.15, -0.1) is 0 Å². The van der Waals surface area contributed by atoms with Crippen molar-refractivity contribution in [3.63, 3.8) is 0 Å². The van der Waals surface area contributed by atoms with Crippen LogP contribution < -0.4 is 5.32 Å². The Bertz CT molecular complexity index is 211. The lowest BCUT2D eigenvalue weighted by molar-refractivity contribution is 0.384. The number of rotatable bonds is 2. The Balaban J connectivity index is 2.60. The fourth-order valence-corrected chi connectivity index (χ4v) is 2.55. The maximum absolute atomic E-state index is 11.2. The number of nitrogens with one attached hydrogen (secondary N) is 1. The van der Waals surface area contributed by atoms with Crippen LogP contribution in [0.25, 0.3) is 0 Å². The van der Waals surface area contributed by atoms with Crippen molar-refractivity contribution >= 4 is 10.0 Å². The molecule has 0 aromatic carbocycles. The van der Waals surface area contributed by atoms with E-state index in [4.69, 9.17) is 0 Å². The zero-order valence-electron chi connectivity index (χ0n) is 6.71. The van der Waals surface area contributed by atoms with E-state index in [9.17, 15) is 8.42 Å². The summed E-state index contributed by atoms with van der Waals surface area (Å²) in [7, 11) is -2.96. The minimum Gasteiger partial charge on any atom is -0.301 e. The summed E-state index contributed by atoms with van der Waals surface area (Å²) in [5, 5.41) is 2.83. The fraction of sp³-hybridized carbons (Fsp3) is 1.00. The molecule has 0 spiro atoms. The molecule has 1 fully saturated rings. The van der Waals surface area contributed by atoms with Gasteiger partial charge in [0.05, 0.1) is 0 Å². The average molecular weight is 178 g/mol. The zero-order chi connectivity index (χ0) is 8.32. The highest BCUT2D eigenvalue weighted by Gasteiger charge is 2.23. The minimum atomic E-state index is -2.96. The Morgan fingerprint density at radius 3 is 2.82 bits per heavy atom. The quantitative estimate of drug-likeness (QED) is 0.625. The third-order valence-corrected chi connectivity index (χ3v) is 3.41. The number of hydrogen-bond acceptors (Lipinski definition) is 3. The average Bonchev–Trinajstić information content (AvgIpc) is 1.94. The molecule has 0 aliphatic carbocycles. The van der Waals surface area contributed by atoms with E-state index >= 15 is 0 Å². The van der Waals surface area contributed by atoms with Crippen molar-refractivity contribution < 1.29 is 8.42 Å². The monoisotopic (exact) mass is 178 g/mol. The summed E-state index contributed by atoms with van der Waals surface area (Å²) in [6.07, 6.45) is 0.888. The van der Waals surface area contributed by atoms with Gasteiger partial charge in [0.15, 0.2) is 0 Å². The molecule has 1 rings (SSSR count). The van der Waals surface area contributed by atoms with Gasteiger partial charge in [-0.2, -0.15) is 4.31 Å². The maximum Gasteiger partial charge on any atom is 0.227 e. The minimum absolute atomic E-state index is 0.104. The lowest BCUT2D eigenvalue weighted by Gasteiger charge is -2.26. The molecule has 1 aliphatic heterocycles. The van der Waals surface area contributed by atoms with E-state index in [1.165, 1.54) is 0 Å². The Labute approximate surface area is 67.6 Å². The first kappa shape index (κ1) is 8.96. The summed E-state index contributed by atoms with van der Waals surface area (Å²) in [6.45, 7) is 4.04. The Hall–Kier alpha value is -0.130. The van der Waals surface area contributed by atoms with Crippen LogP contribution in [0.3, 0.4) is 0 Å². The van der Waals surface area contributed by atoms with Crippen molar-refractivity contribution in [3.8, 4) is 0 Å². The first-order valence-electron chi connectivity index (χ1n) is 3.85. The highest BCUT2D eigenvalue weighted by atomic mass is 32.2. The molecular formula is C6H14N2O2S.